The Morgan fingerprint density at radius 1 is 0.778 bits per heavy atom. The Bertz CT molecular complexity index is 449. The van der Waals surface area contributed by atoms with E-state index in [-0.39, 0.29) is 0 Å². The van der Waals surface area contributed by atoms with Crippen LogP contribution in [0.2, 0.25) is 5.02 Å². The van der Waals surface area contributed by atoms with Gasteiger partial charge in [0.15, 0.2) is 0 Å². The first-order chi connectivity index (χ1) is 8.58. The van der Waals surface area contributed by atoms with Gasteiger partial charge in [0.25, 0.3) is 0 Å². The summed E-state index contributed by atoms with van der Waals surface area (Å²) in [6.45, 7) is 6.65. The molecule has 2 aromatic carbocycles. The third-order valence-corrected chi connectivity index (χ3v) is 3.58. The summed E-state index contributed by atoms with van der Waals surface area (Å²) in [6, 6.07) is 17.0. The fraction of sp³-hybridized carbons (Fsp3) is 0.294. The van der Waals surface area contributed by atoms with Crippen molar-refractivity contribution in [1.82, 2.24) is 0 Å². The van der Waals surface area contributed by atoms with E-state index in [1.807, 2.05) is 12.1 Å². The highest BCUT2D eigenvalue weighted by Gasteiger charge is 2.17. The molecule has 1 unspecified atom stereocenters. The van der Waals surface area contributed by atoms with Crippen molar-refractivity contribution in [3.63, 3.8) is 0 Å². The molecule has 18 heavy (non-hydrogen) atoms. The largest absolute Gasteiger partial charge is 0.0843 e. The maximum atomic E-state index is 5.96. The van der Waals surface area contributed by atoms with Crippen molar-refractivity contribution in [1.29, 1.82) is 0 Å². The minimum Gasteiger partial charge on any atom is -0.0843 e. The van der Waals surface area contributed by atoms with E-state index < -0.39 is 0 Å². The molecule has 0 radical (unpaired) electrons. The second kappa shape index (κ2) is 5.58. The molecule has 0 saturated carbocycles. The van der Waals surface area contributed by atoms with Gasteiger partial charge in [0.2, 0.25) is 0 Å². The number of rotatable bonds is 3. The van der Waals surface area contributed by atoms with Crippen LogP contribution >= 0.6 is 11.6 Å². The summed E-state index contributed by atoms with van der Waals surface area (Å²) in [5, 5.41) is 0.796. The van der Waals surface area contributed by atoms with Crippen LogP contribution in [0.1, 0.15) is 36.5 Å². The maximum absolute atomic E-state index is 5.96. The van der Waals surface area contributed by atoms with Gasteiger partial charge in [0.1, 0.15) is 0 Å². The zero-order valence-electron chi connectivity index (χ0n) is 11.2. The van der Waals surface area contributed by atoms with Gasteiger partial charge in [0, 0.05) is 10.9 Å². The Morgan fingerprint density at radius 2 is 1.22 bits per heavy atom. The van der Waals surface area contributed by atoms with Gasteiger partial charge in [-0.15, -0.1) is 0 Å². The summed E-state index contributed by atoms with van der Waals surface area (Å²) in [4.78, 5) is 0. The molecule has 0 aliphatic rings. The summed E-state index contributed by atoms with van der Waals surface area (Å²) in [6.07, 6.45) is 0. The van der Waals surface area contributed by atoms with Crippen molar-refractivity contribution in [2.75, 3.05) is 0 Å². The van der Waals surface area contributed by atoms with Gasteiger partial charge >= 0.3 is 0 Å². The molecule has 0 heterocycles. The topological polar surface area (TPSA) is 0 Å². The van der Waals surface area contributed by atoms with E-state index in [4.69, 9.17) is 11.6 Å². The van der Waals surface area contributed by atoms with Crippen molar-refractivity contribution < 1.29 is 0 Å². The van der Waals surface area contributed by atoms with E-state index in [1.54, 1.807) is 0 Å². The second-order valence-corrected chi connectivity index (χ2v) is 5.62. The van der Waals surface area contributed by atoms with E-state index in [1.165, 1.54) is 16.7 Å². The van der Waals surface area contributed by atoms with Crippen LogP contribution in [-0.2, 0) is 0 Å². The van der Waals surface area contributed by atoms with Crippen LogP contribution in [0.25, 0.3) is 0 Å². The summed E-state index contributed by atoms with van der Waals surface area (Å²) in [5.41, 5.74) is 4.01. The molecular formula is C17H19Cl. The van der Waals surface area contributed by atoms with Gasteiger partial charge in [-0.1, -0.05) is 67.4 Å². The third kappa shape index (κ3) is 2.94. The minimum absolute atomic E-state index is 0.433. The lowest BCUT2D eigenvalue weighted by Crippen LogP contribution is -2.08. The lowest BCUT2D eigenvalue weighted by Gasteiger charge is -2.22. The highest BCUT2D eigenvalue weighted by molar-refractivity contribution is 6.30. The zero-order chi connectivity index (χ0) is 13.1. The predicted octanol–water partition coefficient (Wildman–Crippen LogP) is 5.44. The smallest absolute Gasteiger partial charge is 0.0406 e. The highest BCUT2D eigenvalue weighted by atomic mass is 35.5. The molecule has 0 saturated heterocycles. The van der Waals surface area contributed by atoms with Crippen LogP contribution in [0.3, 0.4) is 0 Å². The number of hydrogen-bond donors (Lipinski definition) is 0. The van der Waals surface area contributed by atoms with Crippen molar-refractivity contribution in [3.8, 4) is 0 Å². The molecule has 0 nitrogen and oxygen atoms in total. The average Bonchev–Trinajstić information content (AvgIpc) is 2.34. The summed E-state index contributed by atoms with van der Waals surface area (Å²) < 4.78 is 0. The van der Waals surface area contributed by atoms with Gasteiger partial charge in [-0.05, 0) is 36.1 Å². The van der Waals surface area contributed by atoms with Crippen LogP contribution in [0.5, 0.6) is 0 Å². The average molecular weight is 259 g/mol. The number of benzene rings is 2. The molecule has 0 amide bonds. The molecule has 0 bridgehead atoms. The van der Waals surface area contributed by atoms with Crippen molar-refractivity contribution in [2.45, 2.75) is 26.7 Å². The molecule has 1 atom stereocenters. The Balaban J connectivity index is 2.39. The van der Waals surface area contributed by atoms with Crippen LogP contribution < -0.4 is 0 Å². The first-order valence-corrected chi connectivity index (χ1v) is 6.78. The molecule has 1 heteroatoms. The molecule has 0 fully saturated rings. The van der Waals surface area contributed by atoms with Crippen LogP contribution in [0.4, 0.5) is 0 Å². The SMILES string of the molecule is Cc1ccc(C(c2ccc(Cl)cc2)C(C)C)cc1. The fourth-order valence-electron chi connectivity index (χ4n) is 2.41. The molecule has 94 valence electrons. The second-order valence-electron chi connectivity index (χ2n) is 5.18. The van der Waals surface area contributed by atoms with E-state index in [2.05, 4.69) is 57.2 Å². The highest BCUT2D eigenvalue weighted by Crippen LogP contribution is 2.32. The van der Waals surface area contributed by atoms with Crippen molar-refractivity contribution in [3.05, 3.63) is 70.2 Å². The first kappa shape index (κ1) is 13.2. The monoisotopic (exact) mass is 258 g/mol. The van der Waals surface area contributed by atoms with Gasteiger partial charge in [-0.2, -0.15) is 0 Å². The van der Waals surface area contributed by atoms with E-state index in [0.717, 1.165) is 5.02 Å². The Kier molecular flexibility index (Phi) is 4.08. The van der Waals surface area contributed by atoms with Crippen LogP contribution in [-0.4, -0.2) is 0 Å². The minimum atomic E-state index is 0.433. The van der Waals surface area contributed by atoms with Gasteiger partial charge < -0.3 is 0 Å². The Hall–Kier alpha value is -1.27. The lowest BCUT2D eigenvalue weighted by atomic mass is 9.82. The molecular weight excluding hydrogens is 240 g/mol. The molecule has 0 aliphatic carbocycles. The van der Waals surface area contributed by atoms with E-state index >= 15 is 0 Å². The molecule has 0 N–H and O–H groups in total. The van der Waals surface area contributed by atoms with Crippen molar-refractivity contribution in [2.24, 2.45) is 5.92 Å². The number of aryl methyl sites for hydroxylation is 1. The Morgan fingerprint density at radius 3 is 1.67 bits per heavy atom. The Labute approximate surface area is 115 Å². The molecule has 0 aliphatic heterocycles. The lowest BCUT2D eigenvalue weighted by molar-refractivity contribution is 0.564. The maximum Gasteiger partial charge on any atom is 0.0406 e. The normalized spacial score (nSPS) is 12.7. The quantitative estimate of drug-likeness (QED) is 0.688. The molecule has 0 aromatic heterocycles. The van der Waals surface area contributed by atoms with E-state index in [9.17, 15) is 0 Å². The first-order valence-electron chi connectivity index (χ1n) is 6.40. The number of hydrogen-bond acceptors (Lipinski definition) is 0. The van der Waals surface area contributed by atoms with Gasteiger partial charge in [-0.25, -0.2) is 0 Å². The molecule has 0 spiro atoms. The fourth-order valence-corrected chi connectivity index (χ4v) is 2.53. The standard InChI is InChI=1S/C17H19Cl/c1-12(2)17(14-6-4-13(3)5-7-14)15-8-10-16(18)11-9-15/h4-12,17H,1-3H3. The predicted molar refractivity (Wildman–Crippen MR) is 79.3 cm³/mol. The summed E-state index contributed by atoms with van der Waals surface area (Å²) >= 11 is 5.96. The number of halogens is 1. The summed E-state index contributed by atoms with van der Waals surface area (Å²) in [5.74, 6) is 0.997. The van der Waals surface area contributed by atoms with Gasteiger partial charge in [0.05, 0.1) is 0 Å². The van der Waals surface area contributed by atoms with E-state index in [0.29, 0.717) is 11.8 Å². The molecule has 2 aromatic rings. The van der Waals surface area contributed by atoms with Crippen LogP contribution in [0.15, 0.2) is 48.5 Å². The van der Waals surface area contributed by atoms with Crippen LogP contribution in [0, 0.1) is 12.8 Å². The summed E-state index contributed by atoms with van der Waals surface area (Å²) in [7, 11) is 0. The van der Waals surface area contributed by atoms with Crippen molar-refractivity contribution >= 4 is 11.6 Å². The zero-order valence-corrected chi connectivity index (χ0v) is 11.9. The third-order valence-electron chi connectivity index (χ3n) is 3.33. The molecule has 2 rings (SSSR count). The van der Waals surface area contributed by atoms with Gasteiger partial charge in [-0.3, -0.25) is 0 Å².